The van der Waals surface area contributed by atoms with Crippen molar-refractivity contribution in [3.05, 3.63) is 83.8 Å². The first-order valence-electron chi connectivity index (χ1n) is 7.15. The van der Waals surface area contributed by atoms with Crippen molar-refractivity contribution < 1.29 is 9.84 Å². The maximum absolute atomic E-state index is 10.1. The first-order valence-corrected chi connectivity index (χ1v) is 7.15. The van der Waals surface area contributed by atoms with Crippen LogP contribution in [0.4, 0.5) is 0 Å². The molecule has 0 radical (unpaired) electrons. The summed E-state index contributed by atoms with van der Waals surface area (Å²) in [4.78, 5) is 0. The van der Waals surface area contributed by atoms with Crippen LogP contribution < -0.4 is 0 Å². The summed E-state index contributed by atoms with van der Waals surface area (Å²) in [5.74, 6) is -0.0741. The van der Waals surface area contributed by atoms with Gasteiger partial charge in [0.2, 0.25) is 0 Å². The molecule has 1 N–H and O–H groups in total. The molecule has 0 atom stereocenters. The maximum Gasteiger partial charge on any atom is 0.273 e. The number of ether oxygens (including phenoxy) is 1. The summed E-state index contributed by atoms with van der Waals surface area (Å²) < 4.78 is 5.53. The van der Waals surface area contributed by atoms with Gasteiger partial charge in [0, 0.05) is 12.0 Å². The van der Waals surface area contributed by atoms with Crippen molar-refractivity contribution in [1.82, 2.24) is 0 Å². The average molecular weight is 282 g/mol. The molecule has 0 aliphatic rings. The average Bonchev–Trinajstić information content (AvgIpc) is 2.45. The molecule has 2 aromatic rings. The first kappa shape index (κ1) is 15.2. The summed E-state index contributed by atoms with van der Waals surface area (Å²) in [6.45, 7) is 5.74. The Kier molecular flexibility index (Phi) is 4.69. The molecule has 0 saturated heterocycles. The number of benzene rings is 2. The predicted molar refractivity (Wildman–Crippen MR) is 86.3 cm³/mol. The van der Waals surface area contributed by atoms with E-state index < -0.39 is 5.60 Å². The van der Waals surface area contributed by atoms with Crippen LogP contribution >= 0.6 is 0 Å². The molecule has 110 valence electrons. The van der Waals surface area contributed by atoms with Crippen molar-refractivity contribution in [2.24, 2.45) is 0 Å². The molecule has 0 fully saturated rings. The van der Waals surface area contributed by atoms with Gasteiger partial charge in [-0.05, 0) is 31.9 Å². The van der Waals surface area contributed by atoms with Crippen molar-refractivity contribution >= 4 is 0 Å². The third-order valence-corrected chi connectivity index (χ3v) is 3.04. The third kappa shape index (κ3) is 4.67. The van der Waals surface area contributed by atoms with E-state index in [2.05, 4.69) is 24.3 Å². The molecule has 0 unspecified atom stereocenters. The SMILES string of the molecule is CC(C)(C)O/C(O)=C\C(c1ccccc1)c1ccccc1. The molecular formula is C19H22O2. The van der Waals surface area contributed by atoms with E-state index in [-0.39, 0.29) is 11.9 Å². The van der Waals surface area contributed by atoms with Crippen LogP contribution in [0.25, 0.3) is 0 Å². The predicted octanol–water partition coefficient (Wildman–Crippen LogP) is 5.03. The second-order valence-electron chi connectivity index (χ2n) is 6.02. The molecule has 2 aromatic carbocycles. The number of hydrogen-bond donors (Lipinski definition) is 1. The van der Waals surface area contributed by atoms with Gasteiger partial charge >= 0.3 is 0 Å². The molecular weight excluding hydrogens is 260 g/mol. The highest BCUT2D eigenvalue weighted by Gasteiger charge is 2.17. The minimum atomic E-state index is -0.418. The molecule has 2 nitrogen and oxygen atoms in total. The van der Waals surface area contributed by atoms with Crippen molar-refractivity contribution in [3.63, 3.8) is 0 Å². The Morgan fingerprint density at radius 1 is 0.905 bits per heavy atom. The highest BCUT2D eigenvalue weighted by molar-refractivity contribution is 5.36. The van der Waals surface area contributed by atoms with E-state index in [0.717, 1.165) is 11.1 Å². The van der Waals surface area contributed by atoms with Gasteiger partial charge in [0.15, 0.2) is 0 Å². The molecule has 0 saturated carbocycles. The zero-order valence-corrected chi connectivity index (χ0v) is 12.8. The lowest BCUT2D eigenvalue weighted by Gasteiger charge is -2.21. The lowest BCUT2D eigenvalue weighted by atomic mass is 9.91. The molecule has 0 bridgehead atoms. The van der Waals surface area contributed by atoms with Crippen LogP contribution in [0.5, 0.6) is 0 Å². The molecule has 2 rings (SSSR count). The zero-order valence-electron chi connectivity index (χ0n) is 12.8. The lowest BCUT2D eigenvalue weighted by molar-refractivity contribution is -0.0154. The van der Waals surface area contributed by atoms with Crippen LogP contribution in [-0.4, -0.2) is 10.7 Å². The van der Waals surface area contributed by atoms with Gasteiger partial charge in [-0.1, -0.05) is 60.7 Å². The van der Waals surface area contributed by atoms with Crippen LogP contribution in [-0.2, 0) is 4.74 Å². The fourth-order valence-electron chi connectivity index (χ4n) is 2.20. The van der Waals surface area contributed by atoms with Gasteiger partial charge in [0.05, 0.1) is 0 Å². The monoisotopic (exact) mass is 282 g/mol. The highest BCUT2D eigenvalue weighted by Crippen LogP contribution is 2.27. The lowest BCUT2D eigenvalue weighted by Crippen LogP contribution is -2.19. The van der Waals surface area contributed by atoms with E-state index >= 15 is 0 Å². The zero-order chi connectivity index (χ0) is 15.3. The second-order valence-corrected chi connectivity index (χ2v) is 6.02. The number of allylic oxidation sites excluding steroid dienone is 1. The summed E-state index contributed by atoms with van der Waals surface area (Å²) in [5, 5.41) is 10.1. The van der Waals surface area contributed by atoms with Gasteiger partial charge in [0.1, 0.15) is 5.60 Å². The van der Waals surface area contributed by atoms with Crippen molar-refractivity contribution in [2.75, 3.05) is 0 Å². The Hall–Kier alpha value is -2.22. The van der Waals surface area contributed by atoms with Gasteiger partial charge in [0.25, 0.3) is 5.95 Å². The Balaban J connectivity index is 2.36. The molecule has 0 aromatic heterocycles. The summed E-state index contributed by atoms with van der Waals surface area (Å²) in [7, 11) is 0. The highest BCUT2D eigenvalue weighted by atomic mass is 16.6. The topological polar surface area (TPSA) is 29.5 Å². The quantitative estimate of drug-likeness (QED) is 0.797. The molecule has 2 heteroatoms. The van der Waals surface area contributed by atoms with Crippen LogP contribution in [0.1, 0.15) is 37.8 Å². The van der Waals surface area contributed by atoms with Gasteiger partial charge in [-0.25, -0.2) is 0 Å². The Labute approximate surface area is 126 Å². The van der Waals surface area contributed by atoms with Crippen LogP contribution in [0.3, 0.4) is 0 Å². The maximum atomic E-state index is 10.1. The smallest absolute Gasteiger partial charge is 0.273 e. The minimum absolute atomic E-state index is 0.0326. The largest absolute Gasteiger partial charge is 0.481 e. The van der Waals surface area contributed by atoms with Gasteiger partial charge < -0.3 is 9.84 Å². The molecule has 21 heavy (non-hydrogen) atoms. The summed E-state index contributed by atoms with van der Waals surface area (Å²) >= 11 is 0. The number of rotatable bonds is 4. The summed E-state index contributed by atoms with van der Waals surface area (Å²) in [5.41, 5.74) is 1.82. The van der Waals surface area contributed by atoms with Gasteiger partial charge in [-0.3, -0.25) is 0 Å². The summed E-state index contributed by atoms with van der Waals surface area (Å²) in [6.07, 6.45) is 1.76. The molecule has 0 aliphatic heterocycles. The van der Waals surface area contributed by atoms with E-state index in [1.165, 1.54) is 0 Å². The van der Waals surface area contributed by atoms with Crippen molar-refractivity contribution in [1.29, 1.82) is 0 Å². The Bertz CT molecular complexity index is 540. The standard InChI is InChI=1S/C19H22O2/c1-19(2,3)21-18(20)14-17(15-10-6-4-7-11-15)16-12-8-5-9-13-16/h4-14,17,20H,1-3H3/b18-14-. The van der Waals surface area contributed by atoms with E-state index in [9.17, 15) is 5.11 Å². The first-order chi connectivity index (χ1) is 9.96. The fraction of sp³-hybridized carbons (Fsp3) is 0.263. The Morgan fingerprint density at radius 3 is 1.71 bits per heavy atom. The third-order valence-electron chi connectivity index (χ3n) is 3.04. The van der Waals surface area contributed by atoms with E-state index in [0.29, 0.717) is 0 Å². The van der Waals surface area contributed by atoms with Gasteiger partial charge in [-0.15, -0.1) is 0 Å². The fourth-order valence-corrected chi connectivity index (χ4v) is 2.20. The van der Waals surface area contributed by atoms with Crippen LogP contribution in [0, 0.1) is 0 Å². The number of aliphatic hydroxyl groups is 1. The van der Waals surface area contributed by atoms with Crippen molar-refractivity contribution in [3.8, 4) is 0 Å². The number of aliphatic hydroxyl groups excluding tert-OH is 1. The molecule has 0 amide bonds. The van der Waals surface area contributed by atoms with Crippen molar-refractivity contribution in [2.45, 2.75) is 32.3 Å². The van der Waals surface area contributed by atoms with Gasteiger partial charge in [-0.2, -0.15) is 0 Å². The van der Waals surface area contributed by atoms with E-state index in [4.69, 9.17) is 4.74 Å². The normalized spacial score (nSPS) is 12.5. The molecule has 0 spiro atoms. The van der Waals surface area contributed by atoms with E-state index in [1.807, 2.05) is 57.2 Å². The minimum Gasteiger partial charge on any atom is -0.481 e. The number of hydrogen-bond acceptors (Lipinski definition) is 2. The Morgan fingerprint density at radius 2 is 1.33 bits per heavy atom. The molecule has 0 aliphatic carbocycles. The molecule has 0 heterocycles. The second kappa shape index (κ2) is 6.49. The van der Waals surface area contributed by atoms with Crippen LogP contribution in [0.15, 0.2) is 72.7 Å². The van der Waals surface area contributed by atoms with E-state index in [1.54, 1.807) is 6.08 Å². The van der Waals surface area contributed by atoms with Crippen LogP contribution in [0.2, 0.25) is 0 Å². The summed E-state index contributed by atoms with van der Waals surface area (Å²) in [6, 6.07) is 20.2.